The second-order valence-corrected chi connectivity index (χ2v) is 7.13. The van der Waals surface area contributed by atoms with Crippen molar-refractivity contribution in [1.29, 1.82) is 0 Å². The zero-order chi connectivity index (χ0) is 17.0. The van der Waals surface area contributed by atoms with Gasteiger partial charge in [-0.1, -0.05) is 0 Å². The van der Waals surface area contributed by atoms with Gasteiger partial charge in [-0.2, -0.15) is 4.31 Å². The van der Waals surface area contributed by atoms with Gasteiger partial charge in [-0.15, -0.1) is 0 Å². The van der Waals surface area contributed by atoms with Crippen LogP contribution in [0.5, 0.6) is 5.75 Å². The Morgan fingerprint density at radius 1 is 1.30 bits per heavy atom. The number of nitrogens with zero attached hydrogens (tertiary/aromatic N) is 2. The molecule has 0 radical (unpaired) electrons. The van der Waals surface area contributed by atoms with Crippen molar-refractivity contribution in [3.63, 3.8) is 0 Å². The Balaban J connectivity index is 2.23. The van der Waals surface area contributed by atoms with E-state index in [-0.39, 0.29) is 22.8 Å². The SMILES string of the molecule is COc1ccc(S(=O)(=O)N2CCN(CCO)CC2)cc1C(N)=O. The first-order valence-electron chi connectivity index (χ1n) is 7.21. The van der Waals surface area contributed by atoms with Crippen LogP contribution in [0.1, 0.15) is 10.4 Å². The quantitative estimate of drug-likeness (QED) is 0.691. The summed E-state index contributed by atoms with van der Waals surface area (Å²) in [6.45, 7) is 2.35. The van der Waals surface area contributed by atoms with E-state index >= 15 is 0 Å². The van der Waals surface area contributed by atoms with Gasteiger partial charge >= 0.3 is 0 Å². The molecular weight excluding hydrogens is 322 g/mol. The van der Waals surface area contributed by atoms with Crippen LogP contribution in [0.25, 0.3) is 0 Å². The first-order valence-corrected chi connectivity index (χ1v) is 8.65. The van der Waals surface area contributed by atoms with Crippen molar-refractivity contribution >= 4 is 15.9 Å². The number of methoxy groups -OCH3 is 1. The molecule has 1 aliphatic rings. The smallest absolute Gasteiger partial charge is 0.252 e. The van der Waals surface area contributed by atoms with Gasteiger partial charge in [0.15, 0.2) is 0 Å². The zero-order valence-corrected chi connectivity index (χ0v) is 13.8. The minimum Gasteiger partial charge on any atom is -0.496 e. The van der Waals surface area contributed by atoms with Crippen LogP contribution in [0.4, 0.5) is 0 Å². The number of primary amides is 1. The number of benzene rings is 1. The van der Waals surface area contributed by atoms with Crippen LogP contribution in [-0.4, -0.2) is 75.1 Å². The van der Waals surface area contributed by atoms with E-state index in [2.05, 4.69) is 0 Å². The molecule has 2 rings (SSSR count). The number of piperazine rings is 1. The van der Waals surface area contributed by atoms with Crippen LogP contribution in [0.2, 0.25) is 0 Å². The molecule has 1 aromatic rings. The molecule has 0 aromatic heterocycles. The number of hydrogen-bond donors (Lipinski definition) is 2. The van der Waals surface area contributed by atoms with E-state index in [4.69, 9.17) is 15.6 Å². The van der Waals surface area contributed by atoms with Crippen LogP contribution in [-0.2, 0) is 10.0 Å². The van der Waals surface area contributed by atoms with E-state index in [1.54, 1.807) is 0 Å². The van der Waals surface area contributed by atoms with Gasteiger partial charge in [-0.3, -0.25) is 9.69 Å². The van der Waals surface area contributed by atoms with Gasteiger partial charge in [0.1, 0.15) is 5.75 Å². The van der Waals surface area contributed by atoms with E-state index in [0.717, 1.165) is 0 Å². The highest BCUT2D eigenvalue weighted by Gasteiger charge is 2.29. The molecule has 3 N–H and O–H groups in total. The molecule has 8 nitrogen and oxygen atoms in total. The third-order valence-corrected chi connectivity index (χ3v) is 5.72. The Morgan fingerprint density at radius 3 is 2.48 bits per heavy atom. The van der Waals surface area contributed by atoms with Crippen molar-refractivity contribution in [2.75, 3.05) is 46.4 Å². The molecule has 128 valence electrons. The summed E-state index contributed by atoms with van der Waals surface area (Å²) in [5, 5.41) is 8.93. The van der Waals surface area contributed by atoms with E-state index in [1.165, 1.54) is 29.6 Å². The van der Waals surface area contributed by atoms with Gasteiger partial charge in [0.2, 0.25) is 10.0 Å². The van der Waals surface area contributed by atoms with Crippen LogP contribution in [0.3, 0.4) is 0 Å². The molecule has 1 amide bonds. The Hall–Kier alpha value is -1.68. The number of aliphatic hydroxyl groups excluding tert-OH is 1. The fourth-order valence-corrected chi connectivity index (χ4v) is 3.97. The number of carbonyl (C=O) groups is 1. The minimum absolute atomic E-state index is 0.0164. The van der Waals surface area contributed by atoms with Gasteiger partial charge in [-0.05, 0) is 18.2 Å². The zero-order valence-electron chi connectivity index (χ0n) is 12.9. The number of aliphatic hydroxyl groups is 1. The molecule has 0 spiro atoms. The fourth-order valence-electron chi connectivity index (χ4n) is 2.52. The summed E-state index contributed by atoms with van der Waals surface area (Å²) in [4.78, 5) is 13.5. The maximum Gasteiger partial charge on any atom is 0.252 e. The Bertz CT molecular complexity index is 669. The predicted molar refractivity (Wildman–Crippen MR) is 83.8 cm³/mol. The summed E-state index contributed by atoms with van der Waals surface area (Å²) < 4.78 is 31.8. The molecule has 1 fully saturated rings. The van der Waals surface area contributed by atoms with Crippen LogP contribution >= 0.6 is 0 Å². The van der Waals surface area contributed by atoms with Crippen molar-refractivity contribution in [3.05, 3.63) is 23.8 Å². The lowest BCUT2D eigenvalue weighted by Gasteiger charge is -2.33. The summed E-state index contributed by atoms with van der Waals surface area (Å²) in [6.07, 6.45) is 0. The van der Waals surface area contributed by atoms with Crippen molar-refractivity contribution in [1.82, 2.24) is 9.21 Å². The van der Waals surface area contributed by atoms with Crippen LogP contribution in [0.15, 0.2) is 23.1 Å². The number of carbonyl (C=O) groups excluding carboxylic acids is 1. The summed E-state index contributed by atoms with van der Waals surface area (Å²) in [6, 6.07) is 4.08. The standard InChI is InChI=1S/C14H21N3O5S/c1-22-13-3-2-11(10-12(13)14(15)19)23(20,21)17-6-4-16(5-7-17)8-9-18/h2-3,10,18H,4-9H2,1H3,(H2,15,19). The number of rotatable bonds is 6. The van der Waals surface area contributed by atoms with Crippen molar-refractivity contribution in [2.24, 2.45) is 5.73 Å². The molecule has 1 heterocycles. The Labute approximate surface area is 135 Å². The van der Waals surface area contributed by atoms with E-state index in [0.29, 0.717) is 32.7 Å². The molecule has 0 bridgehead atoms. The lowest BCUT2D eigenvalue weighted by molar-refractivity contribution is 0.0997. The summed E-state index contributed by atoms with van der Waals surface area (Å²) >= 11 is 0. The molecular formula is C14H21N3O5S. The van der Waals surface area contributed by atoms with Crippen LogP contribution < -0.4 is 10.5 Å². The lowest BCUT2D eigenvalue weighted by atomic mass is 10.2. The number of ether oxygens (including phenoxy) is 1. The number of hydrogen-bond acceptors (Lipinski definition) is 6. The monoisotopic (exact) mass is 343 g/mol. The highest BCUT2D eigenvalue weighted by Crippen LogP contribution is 2.24. The fraction of sp³-hybridized carbons (Fsp3) is 0.500. The summed E-state index contributed by atoms with van der Waals surface area (Å²) in [5.41, 5.74) is 5.31. The molecule has 0 saturated carbocycles. The highest BCUT2D eigenvalue weighted by molar-refractivity contribution is 7.89. The second kappa shape index (κ2) is 7.26. The number of sulfonamides is 1. The maximum absolute atomic E-state index is 12.7. The molecule has 0 aliphatic carbocycles. The van der Waals surface area contributed by atoms with Gasteiger partial charge in [0.25, 0.3) is 5.91 Å². The van der Waals surface area contributed by atoms with Crippen LogP contribution in [0, 0.1) is 0 Å². The van der Waals surface area contributed by atoms with Gasteiger partial charge in [-0.25, -0.2) is 8.42 Å². The average molecular weight is 343 g/mol. The van der Waals surface area contributed by atoms with Gasteiger partial charge in [0.05, 0.1) is 24.2 Å². The molecule has 0 unspecified atom stereocenters. The number of β-amino-alcohol motifs (C(OH)–C–C–N with tert-alkyl or cyclic N) is 1. The normalized spacial score (nSPS) is 17.1. The number of amides is 1. The van der Waals surface area contributed by atoms with Gasteiger partial charge in [0, 0.05) is 32.7 Å². The van der Waals surface area contributed by atoms with E-state index in [1.807, 2.05) is 4.90 Å². The van der Waals surface area contributed by atoms with Gasteiger partial charge < -0.3 is 15.6 Å². The first kappa shape index (κ1) is 17.7. The second-order valence-electron chi connectivity index (χ2n) is 5.20. The third kappa shape index (κ3) is 3.81. The van der Waals surface area contributed by atoms with E-state index in [9.17, 15) is 13.2 Å². The Morgan fingerprint density at radius 2 is 1.96 bits per heavy atom. The summed E-state index contributed by atoms with van der Waals surface area (Å²) in [7, 11) is -2.32. The predicted octanol–water partition coefficient (Wildman–Crippen LogP) is -0.907. The van der Waals surface area contributed by atoms with Crippen molar-refractivity contribution < 1.29 is 23.1 Å². The third-order valence-electron chi connectivity index (χ3n) is 3.82. The Kier molecular flexibility index (Phi) is 5.58. The lowest BCUT2D eigenvalue weighted by Crippen LogP contribution is -2.49. The van der Waals surface area contributed by atoms with Crippen molar-refractivity contribution in [2.45, 2.75) is 4.90 Å². The first-order chi connectivity index (χ1) is 10.9. The number of nitrogens with two attached hydrogens (primary N) is 1. The molecule has 9 heteroatoms. The van der Waals surface area contributed by atoms with E-state index < -0.39 is 15.9 Å². The molecule has 1 aliphatic heterocycles. The largest absolute Gasteiger partial charge is 0.496 e. The molecule has 0 atom stereocenters. The highest BCUT2D eigenvalue weighted by atomic mass is 32.2. The maximum atomic E-state index is 12.7. The molecule has 1 saturated heterocycles. The molecule has 23 heavy (non-hydrogen) atoms. The minimum atomic E-state index is -3.70. The molecule has 1 aromatic carbocycles. The van der Waals surface area contributed by atoms with Crippen molar-refractivity contribution in [3.8, 4) is 5.75 Å². The average Bonchev–Trinajstić information content (AvgIpc) is 2.55. The summed E-state index contributed by atoms with van der Waals surface area (Å²) in [5.74, 6) is -0.504. The topological polar surface area (TPSA) is 113 Å².